The van der Waals surface area contributed by atoms with Gasteiger partial charge in [0.1, 0.15) is 0 Å². The Morgan fingerprint density at radius 1 is 1.37 bits per heavy atom. The van der Waals surface area contributed by atoms with Crippen LogP contribution in [0.3, 0.4) is 0 Å². The van der Waals surface area contributed by atoms with Crippen LogP contribution in [-0.2, 0) is 4.79 Å². The van der Waals surface area contributed by atoms with E-state index in [4.69, 9.17) is 0 Å². The molecule has 1 aliphatic heterocycles. The van der Waals surface area contributed by atoms with Crippen molar-refractivity contribution in [1.82, 2.24) is 10.3 Å². The van der Waals surface area contributed by atoms with Crippen molar-refractivity contribution in [3.63, 3.8) is 0 Å². The number of aryl methyl sites for hydroxylation is 2. The van der Waals surface area contributed by atoms with Crippen molar-refractivity contribution in [2.45, 2.75) is 26.2 Å². The Hall–Kier alpha value is -1.81. The van der Waals surface area contributed by atoms with E-state index >= 15 is 0 Å². The van der Waals surface area contributed by atoms with Crippen molar-refractivity contribution >= 4 is 23.0 Å². The lowest BCUT2D eigenvalue weighted by molar-refractivity contribution is -0.105. The summed E-state index contributed by atoms with van der Waals surface area (Å²) in [6, 6.07) is 4.16. The molecule has 0 aliphatic carbocycles. The third kappa shape index (κ3) is 1.92. The summed E-state index contributed by atoms with van der Waals surface area (Å²) < 4.78 is 0. The fourth-order valence-electron chi connectivity index (χ4n) is 3.07. The average Bonchev–Trinajstić information content (AvgIpc) is 3.01. The second-order valence-corrected chi connectivity index (χ2v) is 5.28. The molecule has 19 heavy (non-hydrogen) atoms. The van der Waals surface area contributed by atoms with Crippen LogP contribution in [0.5, 0.6) is 0 Å². The van der Waals surface area contributed by atoms with Gasteiger partial charge in [0.25, 0.3) is 0 Å². The Morgan fingerprint density at radius 3 is 2.89 bits per heavy atom. The number of hydrogen-bond donors (Lipinski definition) is 3. The van der Waals surface area contributed by atoms with Crippen molar-refractivity contribution < 1.29 is 4.79 Å². The molecule has 1 atom stereocenters. The summed E-state index contributed by atoms with van der Waals surface area (Å²) in [5, 5.41) is 7.48. The Labute approximate surface area is 112 Å². The second kappa shape index (κ2) is 4.70. The van der Waals surface area contributed by atoms with Gasteiger partial charge >= 0.3 is 0 Å². The standard InChI is InChI=1S/C15H19N3O/c1-9-10(2)18-15-13(17-8-19)4-3-12(14(9)15)11-5-6-16-7-11/h3-4,8,11,16,18H,5-7H2,1-2H3,(H,17,19). The lowest BCUT2D eigenvalue weighted by Gasteiger charge is -2.13. The summed E-state index contributed by atoms with van der Waals surface area (Å²) in [4.78, 5) is 14.1. The molecule has 2 aromatic rings. The first-order chi connectivity index (χ1) is 9.22. The average molecular weight is 257 g/mol. The van der Waals surface area contributed by atoms with Crippen molar-refractivity contribution in [2.24, 2.45) is 0 Å². The fourth-order valence-corrected chi connectivity index (χ4v) is 3.07. The van der Waals surface area contributed by atoms with Gasteiger partial charge in [-0.15, -0.1) is 0 Å². The van der Waals surface area contributed by atoms with Gasteiger partial charge in [0, 0.05) is 17.6 Å². The zero-order chi connectivity index (χ0) is 13.4. The van der Waals surface area contributed by atoms with Gasteiger partial charge in [-0.2, -0.15) is 0 Å². The molecule has 3 rings (SSSR count). The lowest BCUT2D eigenvalue weighted by Crippen LogP contribution is -2.08. The first kappa shape index (κ1) is 12.2. The van der Waals surface area contributed by atoms with E-state index in [-0.39, 0.29) is 0 Å². The minimum absolute atomic E-state index is 0.571. The van der Waals surface area contributed by atoms with Gasteiger partial charge in [0.2, 0.25) is 6.41 Å². The molecule has 0 radical (unpaired) electrons. The Balaban J connectivity index is 2.23. The minimum Gasteiger partial charge on any atom is -0.357 e. The largest absolute Gasteiger partial charge is 0.357 e. The molecule has 1 aromatic carbocycles. The predicted octanol–water partition coefficient (Wildman–Crippen LogP) is 2.43. The van der Waals surface area contributed by atoms with Crippen LogP contribution >= 0.6 is 0 Å². The van der Waals surface area contributed by atoms with Gasteiger partial charge < -0.3 is 15.6 Å². The number of rotatable bonds is 3. The molecule has 4 nitrogen and oxygen atoms in total. The highest BCUT2D eigenvalue weighted by atomic mass is 16.1. The molecule has 100 valence electrons. The highest BCUT2D eigenvalue weighted by Gasteiger charge is 2.22. The third-order valence-electron chi connectivity index (χ3n) is 4.20. The van der Waals surface area contributed by atoms with Crippen LogP contribution in [0, 0.1) is 13.8 Å². The molecule has 3 N–H and O–H groups in total. The number of benzene rings is 1. The number of fused-ring (bicyclic) bond motifs is 1. The molecule has 1 fully saturated rings. The van der Waals surface area contributed by atoms with E-state index in [9.17, 15) is 4.79 Å². The molecule has 1 aromatic heterocycles. The van der Waals surface area contributed by atoms with E-state index in [1.54, 1.807) is 0 Å². The van der Waals surface area contributed by atoms with Crippen molar-refractivity contribution in [1.29, 1.82) is 0 Å². The van der Waals surface area contributed by atoms with Crippen molar-refractivity contribution in [3.8, 4) is 0 Å². The third-order valence-corrected chi connectivity index (χ3v) is 4.20. The van der Waals surface area contributed by atoms with Crippen LogP contribution in [0.4, 0.5) is 5.69 Å². The van der Waals surface area contributed by atoms with Crippen LogP contribution in [0.2, 0.25) is 0 Å². The molecular weight excluding hydrogens is 238 g/mol. The maximum absolute atomic E-state index is 10.7. The van der Waals surface area contributed by atoms with Crippen LogP contribution in [0.15, 0.2) is 12.1 Å². The minimum atomic E-state index is 0.571. The molecule has 1 aliphatic rings. The summed E-state index contributed by atoms with van der Waals surface area (Å²) in [7, 11) is 0. The quantitative estimate of drug-likeness (QED) is 0.740. The number of aromatic amines is 1. The Morgan fingerprint density at radius 2 is 2.21 bits per heavy atom. The van der Waals surface area contributed by atoms with Gasteiger partial charge in [0.15, 0.2) is 0 Å². The monoisotopic (exact) mass is 257 g/mol. The molecular formula is C15H19N3O. The van der Waals surface area contributed by atoms with Gasteiger partial charge in [0.05, 0.1) is 11.2 Å². The number of nitrogens with one attached hydrogen (secondary N) is 3. The van der Waals surface area contributed by atoms with Gasteiger partial charge in [-0.1, -0.05) is 6.07 Å². The van der Waals surface area contributed by atoms with Gasteiger partial charge in [-0.05, 0) is 49.9 Å². The fraction of sp³-hybridized carbons (Fsp3) is 0.400. The molecule has 0 spiro atoms. The number of H-pyrrole nitrogens is 1. The molecule has 0 bridgehead atoms. The zero-order valence-corrected chi connectivity index (χ0v) is 11.3. The van der Waals surface area contributed by atoms with E-state index in [1.165, 1.54) is 28.6 Å². The van der Waals surface area contributed by atoms with Crippen LogP contribution in [0.1, 0.15) is 29.2 Å². The zero-order valence-electron chi connectivity index (χ0n) is 11.3. The number of amides is 1. The van der Waals surface area contributed by atoms with E-state index in [0.29, 0.717) is 5.92 Å². The van der Waals surface area contributed by atoms with Crippen molar-refractivity contribution in [3.05, 3.63) is 29.0 Å². The predicted molar refractivity (Wildman–Crippen MR) is 77.7 cm³/mol. The topological polar surface area (TPSA) is 56.9 Å². The maximum atomic E-state index is 10.7. The summed E-state index contributed by atoms with van der Waals surface area (Å²) in [5.41, 5.74) is 5.74. The molecule has 2 heterocycles. The lowest BCUT2D eigenvalue weighted by atomic mass is 9.92. The van der Waals surface area contributed by atoms with Crippen molar-refractivity contribution in [2.75, 3.05) is 18.4 Å². The van der Waals surface area contributed by atoms with E-state index in [0.717, 1.165) is 30.7 Å². The number of aromatic nitrogens is 1. The Kier molecular flexibility index (Phi) is 3.03. The molecule has 0 saturated carbocycles. The summed E-state index contributed by atoms with van der Waals surface area (Å²) in [6.45, 7) is 6.35. The number of anilines is 1. The molecule has 4 heteroatoms. The summed E-state index contributed by atoms with van der Waals surface area (Å²) in [5.74, 6) is 0.571. The molecule has 1 unspecified atom stereocenters. The van der Waals surface area contributed by atoms with E-state index < -0.39 is 0 Å². The highest BCUT2D eigenvalue weighted by molar-refractivity contribution is 5.99. The van der Waals surface area contributed by atoms with Crippen LogP contribution < -0.4 is 10.6 Å². The first-order valence-corrected chi connectivity index (χ1v) is 6.75. The van der Waals surface area contributed by atoms with Gasteiger partial charge in [-0.3, -0.25) is 4.79 Å². The Bertz CT molecular complexity index is 624. The number of hydrogen-bond acceptors (Lipinski definition) is 2. The second-order valence-electron chi connectivity index (χ2n) is 5.28. The number of carbonyl (C=O) groups excluding carboxylic acids is 1. The van der Waals surface area contributed by atoms with Gasteiger partial charge in [-0.25, -0.2) is 0 Å². The van der Waals surface area contributed by atoms with Crippen LogP contribution in [-0.4, -0.2) is 24.5 Å². The molecule has 1 amide bonds. The normalized spacial score (nSPS) is 18.9. The van der Waals surface area contributed by atoms with Crippen LogP contribution in [0.25, 0.3) is 10.9 Å². The maximum Gasteiger partial charge on any atom is 0.211 e. The summed E-state index contributed by atoms with van der Waals surface area (Å²) >= 11 is 0. The SMILES string of the molecule is Cc1[nH]c2c(NC=O)ccc(C3CCNC3)c2c1C. The van der Waals surface area contributed by atoms with E-state index in [2.05, 4.69) is 35.5 Å². The summed E-state index contributed by atoms with van der Waals surface area (Å²) in [6.07, 6.45) is 1.91. The highest BCUT2D eigenvalue weighted by Crippen LogP contribution is 2.36. The van der Waals surface area contributed by atoms with E-state index in [1.807, 2.05) is 6.07 Å². The smallest absolute Gasteiger partial charge is 0.211 e. The molecule has 1 saturated heterocycles. The first-order valence-electron chi connectivity index (χ1n) is 6.75. The number of carbonyl (C=O) groups is 1.